The number of halogens is 5. The molecule has 0 bridgehead atoms. The molecule has 3 atom stereocenters. The highest BCUT2D eigenvalue weighted by Crippen LogP contribution is 2.26. The highest BCUT2D eigenvalue weighted by Gasteiger charge is 2.39. The number of carboxylic acids is 1. The highest BCUT2D eigenvalue weighted by molar-refractivity contribution is 5.93. The van der Waals surface area contributed by atoms with Gasteiger partial charge in [0.15, 0.2) is 23.3 Å². The number of hydrogen-bond acceptors (Lipinski definition) is 6. The van der Waals surface area contributed by atoms with Crippen molar-refractivity contribution in [1.82, 2.24) is 31.0 Å². The molecule has 4 aromatic rings. The van der Waals surface area contributed by atoms with Crippen LogP contribution < -0.4 is 16.1 Å². The van der Waals surface area contributed by atoms with Gasteiger partial charge in [0.05, 0.1) is 24.9 Å². The molecular formula is C39H37F5N6O6. The van der Waals surface area contributed by atoms with Crippen molar-refractivity contribution < 1.29 is 51.0 Å². The Hall–Kier alpha value is -6.39. The van der Waals surface area contributed by atoms with Gasteiger partial charge in [-0.2, -0.15) is 0 Å². The molecule has 0 saturated carbocycles. The Morgan fingerprint density at radius 1 is 0.786 bits per heavy atom. The van der Waals surface area contributed by atoms with Crippen LogP contribution in [-0.4, -0.2) is 74.4 Å². The van der Waals surface area contributed by atoms with Gasteiger partial charge in [-0.05, 0) is 42.0 Å². The molecule has 12 nitrogen and oxygen atoms in total. The summed E-state index contributed by atoms with van der Waals surface area (Å²) in [5.74, 6) is -15.0. The van der Waals surface area contributed by atoms with Gasteiger partial charge in [-0.1, -0.05) is 66.7 Å². The number of carbonyl (C=O) groups excluding carboxylic acids is 4. The topological polar surface area (TPSA) is 161 Å². The number of urea groups is 1. The number of hydrazine groups is 1. The molecule has 5 amide bonds. The Balaban J connectivity index is 1.39. The van der Waals surface area contributed by atoms with Crippen LogP contribution in [0.5, 0.6) is 0 Å². The maximum absolute atomic E-state index is 14.8. The van der Waals surface area contributed by atoms with E-state index in [-0.39, 0.29) is 38.6 Å². The number of rotatable bonds is 14. The Morgan fingerprint density at radius 3 is 2.00 bits per heavy atom. The lowest BCUT2D eigenvalue weighted by Gasteiger charge is -2.32. The van der Waals surface area contributed by atoms with Gasteiger partial charge >= 0.3 is 12.0 Å². The van der Waals surface area contributed by atoms with E-state index in [2.05, 4.69) is 21.0 Å². The predicted molar refractivity (Wildman–Crippen MR) is 189 cm³/mol. The molecule has 1 fully saturated rings. The first-order valence-corrected chi connectivity index (χ1v) is 17.5. The minimum Gasteiger partial charge on any atom is -0.481 e. The summed E-state index contributed by atoms with van der Waals surface area (Å²) in [6.45, 7) is -1.44. The van der Waals surface area contributed by atoms with E-state index in [1.54, 1.807) is 72.8 Å². The molecule has 4 N–H and O–H groups in total. The highest BCUT2D eigenvalue weighted by atomic mass is 19.2. The minimum absolute atomic E-state index is 0.0305. The summed E-state index contributed by atoms with van der Waals surface area (Å²) >= 11 is 0. The van der Waals surface area contributed by atoms with Crippen molar-refractivity contribution in [3.63, 3.8) is 0 Å². The van der Waals surface area contributed by atoms with Crippen LogP contribution in [0.25, 0.3) is 0 Å². The first-order chi connectivity index (χ1) is 26.8. The van der Waals surface area contributed by atoms with E-state index in [4.69, 9.17) is 0 Å². The smallest absolute Gasteiger partial charge is 0.339 e. The Labute approximate surface area is 317 Å². The third-order valence-corrected chi connectivity index (χ3v) is 9.00. The molecule has 17 heteroatoms. The Morgan fingerprint density at radius 2 is 1.39 bits per heavy atom. The van der Waals surface area contributed by atoms with Gasteiger partial charge in [0, 0.05) is 31.4 Å². The average Bonchev–Trinajstić information content (AvgIpc) is 3.68. The van der Waals surface area contributed by atoms with Crippen molar-refractivity contribution in [3.8, 4) is 0 Å². The lowest BCUT2D eigenvalue weighted by molar-refractivity contribution is -0.138. The molecule has 1 aliphatic heterocycles. The minimum atomic E-state index is -2.41. The molecule has 0 radical (unpaired) electrons. The summed E-state index contributed by atoms with van der Waals surface area (Å²) in [5.41, 5.74) is 2.53. The van der Waals surface area contributed by atoms with Crippen LogP contribution in [0.2, 0.25) is 0 Å². The van der Waals surface area contributed by atoms with Crippen LogP contribution in [0.3, 0.4) is 0 Å². The monoisotopic (exact) mass is 780 g/mol. The van der Waals surface area contributed by atoms with E-state index in [0.717, 1.165) is 10.5 Å². The SMILES string of the molecule is O=C(O)C[C@H](Cc1ccccc1)NC(=O)[C@H](Cc1cccnc1)NC(=O)[C@@H]1CCCN1C(=O)N(Cc1c(F)c(F)c(F)c(F)c1F)NC(=O)Cc1ccccc1. The van der Waals surface area contributed by atoms with Crippen LogP contribution in [0.1, 0.15) is 41.5 Å². The molecule has 0 spiro atoms. The second kappa shape index (κ2) is 18.8. The van der Waals surface area contributed by atoms with E-state index in [1.807, 2.05) is 0 Å². The first kappa shape index (κ1) is 40.8. The fourth-order valence-corrected chi connectivity index (χ4v) is 6.31. The van der Waals surface area contributed by atoms with Gasteiger partial charge in [0.25, 0.3) is 0 Å². The summed E-state index contributed by atoms with van der Waals surface area (Å²) < 4.78 is 71.9. The van der Waals surface area contributed by atoms with E-state index < -0.39 is 95.5 Å². The number of benzene rings is 3. The molecule has 0 unspecified atom stereocenters. The van der Waals surface area contributed by atoms with E-state index in [0.29, 0.717) is 16.1 Å². The third-order valence-electron chi connectivity index (χ3n) is 9.00. The van der Waals surface area contributed by atoms with Crippen LogP contribution in [0.15, 0.2) is 85.2 Å². The standard InChI is InChI=1S/C39H37F5N6O6/c40-32-27(33(41)35(43)36(44)34(32)42)22-50(48-30(51)19-24-11-5-2-6-12-24)39(56)49-16-8-14-29(49)38(55)47-28(18-25-13-7-15-45-21-25)37(54)46-26(20-31(52)53)17-23-9-3-1-4-10-23/h1-7,9-13,15,21,26,28-29H,8,14,16-20,22H2,(H,46,54)(H,47,55)(H,48,51)(H,52,53)/t26-,28-,29-/m0/s1. The molecular weight excluding hydrogens is 743 g/mol. The number of hydrogen-bond donors (Lipinski definition) is 4. The molecule has 1 aromatic heterocycles. The lowest BCUT2D eigenvalue weighted by atomic mass is 10.0. The fraction of sp³-hybridized carbons (Fsp3) is 0.282. The van der Waals surface area contributed by atoms with Crippen molar-refractivity contribution in [2.24, 2.45) is 0 Å². The van der Waals surface area contributed by atoms with E-state index >= 15 is 0 Å². The number of carboxylic acid groups (broad SMARTS) is 1. The van der Waals surface area contributed by atoms with Crippen molar-refractivity contribution >= 4 is 29.7 Å². The fourth-order valence-electron chi connectivity index (χ4n) is 6.31. The molecule has 56 heavy (non-hydrogen) atoms. The molecule has 1 aliphatic rings. The van der Waals surface area contributed by atoms with Gasteiger partial charge in [-0.3, -0.25) is 29.6 Å². The van der Waals surface area contributed by atoms with E-state index in [9.17, 15) is 51.0 Å². The zero-order chi connectivity index (χ0) is 40.4. The summed E-state index contributed by atoms with van der Waals surface area (Å²) in [5, 5.41) is 15.3. The number of nitrogens with zero attached hydrogens (tertiary/aromatic N) is 3. The largest absolute Gasteiger partial charge is 0.481 e. The molecule has 294 valence electrons. The Bertz CT molecular complexity index is 2020. The van der Waals surface area contributed by atoms with Crippen molar-refractivity contribution in [2.75, 3.05) is 6.54 Å². The van der Waals surface area contributed by atoms with Crippen LogP contribution in [-0.2, 0) is 45.0 Å². The Kier molecular flexibility index (Phi) is 13.7. The summed E-state index contributed by atoms with van der Waals surface area (Å²) in [6, 6.07) is 15.5. The van der Waals surface area contributed by atoms with E-state index in [1.165, 1.54) is 12.4 Å². The van der Waals surface area contributed by atoms with Crippen molar-refractivity contribution in [1.29, 1.82) is 0 Å². The zero-order valence-corrected chi connectivity index (χ0v) is 29.7. The summed E-state index contributed by atoms with van der Waals surface area (Å²) in [4.78, 5) is 71.6. The first-order valence-electron chi connectivity index (χ1n) is 17.5. The molecule has 3 aromatic carbocycles. The summed E-state index contributed by atoms with van der Waals surface area (Å²) in [6.07, 6.45) is 2.49. The number of likely N-dealkylation sites (tertiary alicyclic amines) is 1. The quantitative estimate of drug-likeness (QED) is 0.0640. The lowest BCUT2D eigenvalue weighted by Crippen LogP contribution is -2.58. The van der Waals surface area contributed by atoms with Gasteiger partial charge in [0.2, 0.25) is 23.5 Å². The zero-order valence-electron chi connectivity index (χ0n) is 29.7. The van der Waals surface area contributed by atoms with Crippen molar-refractivity contribution in [3.05, 3.63) is 137 Å². The van der Waals surface area contributed by atoms with Crippen LogP contribution in [0.4, 0.5) is 26.7 Å². The number of aliphatic carboxylic acids is 1. The van der Waals surface area contributed by atoms with Gasteiger partial charge in [-0.15, -0.1) is 0 Å². The number of pyridine rings is 1. The van der Waals surface area contributed by atoms with Crippen LogP contribution in [0, 0.1) is 29.1 Å². The number of nitrogens with one attached hydrogen (secondary N) is 3. The molecule has 1 saturated heterocycles. The molecule has 2 heterocycles. The third kappa shape index (κ3) is 10.4. The number of aromatic nitrogens is 1. The predicted octanol–water partition coefficient (Wildman–Crippen LogP) is 4.37. The van der Waals surface area contributed by atoms with Gasteiger partial charge in [-0.25, -0.2) is 31.8 Å². The average molecular weight is 781 g/mol. The van der Waals surface area contributed by atoms with Crippen LogP contribution >= 0.6 is 0 Å². The van der Waals surface area contributed by atoms with Gasteiger partial charge in [0.1, 0.15) is 12.1 Å². The second-order valence-electron chi connectivity index (χ2n) is 13.1. The molecule has 0 aliphatic carbocycles. The maximum atomic E-state index is 14.8. The molecule has 5 rings (SSSR count). The van der Waals surface area contributed by atoms with Crippen molar-refractivity contribution in [2.45, 2.75) is 63.2 Å². The maximum Gasteiger partial charge on any atom is 0.339 e. The normalized spacial score (nSPS) is 14.7. The second-order valence-corrected chi connectivity index (χ2v) is 13.1. The summed E-state index contributed by atoms with van der Waals surface area (Å²) in [7, 11) is 0. The van der Waals surface area contributed by atoms with Gasteiger partial charge < -0.3 is 20.6 Å². The number of amides is 5. The number of carbonyl (C=O) groups is 5.